The van der Waals surface area contributed by atoms with Gasteiger partial charge in [0.15, 0.2) is 5.13 Å². The number of carbonyl (C=O) groups is 2. The number of hydrogen-bond acceptors (Lipinski definition) is 7. The van der Waals surface area contributed by atoms with E-state index in [0.29, 0.717) is 22.0 Å². The largest absolute Gasteiger partial charge is 0.361 e. The molecular formula is C29H22N4O3S. The van der Waals surface area contributed by atoms with E-state index in [0.717, 1.165) is 50.0 Å². The van der Waals surface area contributed by atoms with Crippen molar-refractivity contribution in [2.45, 2.75) is 20.8 Å². The van der Waals surface area contributed by atoms with Crippen molar-refractivity contribution in [3.63, 3.8) is 0 Å². The molecule has 0 spiro atoms. The van der Waals surface area contributed by atoms with Gasteiger partial charge in [-0.25, -0.2) is 9.88 Å². The molecule has 0 aliphatic carbocycles. The number of rotatable bonds is 5. The van der Waals surface area contributed by atoms with Gasteiger partial charge >= 0.3 is 0 Å². The first kappa shape index (κ1) is 22.9. The van der Waals surface area contributed by atoms with Crippen molar-refractivity contribution in [1.82, 2.24) is 10.1 Å². The first-order chi connectivity index (χ1) is 17.9. The van der Waals surface area contributed by atoms with E-state index in [1.54, 1.807) is 24.3 Å². The van der Waals surface area contributed by atoms with Crippen LogP contribution in [0.4, 0.5) is 16.5 Å². The lowest BCUT2D eigenvalue weighted by Crippen LogP contribution is -2.29. The van der Waals surface area contributed by atoms with Gasteiger partial charge in [0.25, 0.3) is 11.8 Å². The van der Waals surface area contributed by atoms with Gasteiger partial charge in [0, 0.05) is 27.9 Å². The summed E-state index contributed by atoms with van der Waals surface area (Å²) >= 11 is 1.28. The predicted molar refractivity (Wildman–Crippen MR) is 145 cm³/mol. The topological polar surface area (TPSA) is 88.3 Å². The minimum Gasteiger partial charge on any atom is -0.361 e. The lowest BCUT2D eigenvalue weighted by Gasteiger charge is -2.12. The molecule has 6 rings (SSSR count). The van der Waals surface area contributed by atoms with Crippen LogP contribution in [-0.4, -0.2) is 22.0 Å². The van der Waals surface area contributed by atoms with Crippen molar-refractivity contribution in [1.29, 1.82) is 0 Å². The van der Waals surface area contributed by atoms with Gasteiger partial charge in [0.1, 0.15) is 5.76 Å². The first-order valence-corrected chi connectivity index (χ1v) is 12.6. The summed E-state index contributed by atoms with van der Waals surface area (Å²) < 4.78 is 5.34. The Labute approximate surface area is 217 Å². The number of fused-ring (bicyclic) bond motifs is 1. The molecule has 2 amide bonds. The average Bonchev–Trinajstić information content (AvgIpc) is 3.58. The Balaban J connectivity index is 1.23. The zero-order chi connectivity index (χ0) is 25.7. The van der Waals surface area contributed by atoms with Crippen LogP contribution >= 0.6 is 11.3 Å². The molecule has 0 fully saturated rings. The van der Waals surface area contributed by atoms with Gasteiger partial charge in [-0.2, -0.15) is 0 Å². The van der Waals surface area contributed by atoms with E-state index in [4.69, 9.17) is 4.52 Å². The molecule has 1 aliphatic heterocycles. The third-order valence-electron chi connectivity index (χ3n) is 6.50. The van der Waals surface area contributed by atoms with Gasteiger partial charge < -0.3 is 9.84 Å². The minimum atomic E-state index is -0.338. The van der Waals surface area contributed by atoms with Crippen LogP contribution in [0.5, 0.6) is 0 Å². The number of nitrogens with zero attached hydrogens (tertiary/aromatic N) is 3. The quantitative estimate of drug-likeness (QED) is 0.260. The highest BCUT2D eigenvalue weighted by molar-refractivity contribution is 7.14. The number of carbonyl (C=O) groups excluding carboxylic acids is 2. The Morgan fingerprint density at radius 1 is 0.865 bits per heavy atom. The lowest BCUT2D eigenvalue weighted by molar-refractivity contribution is 0.0926. The van der Waals surface area contributed by atoms with Crippen LogP contribution in [-0.2, 0) is 0 Å². The van der Waals surface area contributed by atoms with E-state index < -0.39 is 0 Å². The van der Waals surface area contributed by atoms with Gasteiger partial charge in [-0.15, -0.1) is 11.3 Å². The third-order valence-corrected chi connectivity index (χ3v) is 7.32. The minimum absolute atomic E-state index is 0.338. The second-order valence-corrected chi connectivity index (χ2v) is 9.77. The second kappa shape index (κ2) is 8.83. The summed E-state index contributed by atoms with van der Waals surface area (Å²) in [5.41, 5.74) is 8.38. The summed E-state index contributed by atoms with van der Waals surface area (Å²) in [4.78, 5) is 31.3. The fourth-order valence-corrected chi connectivity index (χ4v) is 5.38. The maximum absolute atomic E-state index is 12.8. The smallest absolute Gasteiger partial charge is 0.268 e. The van der Waals surface area contributed by atoms with E-state index in [1.165, 1.54) is 11.3 Å². The molecular weight excluding hydrogens is 484 g/mol. The van der Waals surface area contributed by atoms with E-state index >= 15 is 0 Å². The maximum atomic E-state index is 12.8. The Morgan fingerprint density at radius 3 is 2.19 bits per heavy atom. The molecule has 182 valence electrons. The summed E-state index contributed by atoms with van der Waals surface area (Å²) in [6, 6.07) is 21.0. The van der Waals surface area contributed by atoms with Gasteiger partial charge in [-0.1, -0.05) is 41.6 Å². The number of aryl methyl sites for hydroxylation is 3. The molecule has 8 heteroatoms. The molecule has 2 aromatic heterocycles. The van der Waals surface area contributed by atoms with Crippen LogP contribution in [0, 0.1) is 20.8 Å². The molecule has 1 N–H and O–H groups in total. The van der Waals surface area contributed by atoms with Gasteiger partial charge in [-0.05, 0) is 62.2 Å². The molecule has 0 saturated carbocycles. The molecule has 0 bridgehead atoms. The Kier molecular flexibility index (Phi) is 5.46. The molecule has 7 nitrogen and oxygen atoms in total. The number of benzene rings is 3. The van der Waals surface area contributed by atoms with E-state index in [2.05, 4.69) is 40.6 Å². The number of aromatic nitrogens is 2. The summed E-state index contributed by atoms with van der Waals surface area (Å²) in [5, 5.41) is 9.80. The second-order valence-electron chi connectivity index (χ2n) is 8.94. The number of thiazole rings is 1. The monoisotopic (exact) mass is 506 g/mol. The zero-order valence-electron chi connectivity index (χ0n) is 20.4. The van der Waals surface area contributed by atoms with Crippen LogP contribution in [0.2, 0.25) is 0 Å². The molecule has 3 aromatic carbocycles. The molecule has 0 radical (unpaired) electrons. The third kappa shape index (κ3) is 3.91. The van der Waals surface area contributed by atoms with Crippen molar-refractivity contribution in [2.75, 3.05) is 10.2 Å². The zero-order valence-corrected chi connectivity index (χ0v) is 21.2. The van der Waals surface area contributed by atoms with Crippen LogP contribution in [0.3, 0.4) is 0 Å². The van der Waals surface area contributed by atoms with E-state index in [1.807, 2.05) is 43.5 Å². The molecule has 5 aromatic rings. The molecule has 0 unspecified atom stereocenters. The number of amides is 2. The SMILES string of the molecule is Cc1ccc(-c2c(C)noc2C)cc1Nc1ccc(-c2csc(N3C(=O)c4ccccc4C3=O)n2)cc1. The van der Waals surface area contributed by atoms with Crippen molar-refractivity contribution in [3.05, 3.63) is 100 Å². The average molecular weight is 507 g/mol. The molecule has 1 aliphatic rings. The number of imide groups is 1. The van der Waals surface area contributed by atoms with Crippen molar-refractivity contribution < 1.29 is 14.1 Å². The lowest BCUT2D eigenvalue weighted by atomic mass is 10.0. The standard InChI is InChI=1S/C29H22N4O3S/c1-16-8-9-20(26-17(2)32-36-18(26)3)14-24(16)30-21-12-10-19(11-13-21)25-15-37-29(31-25)33-27(34)22-6-4-5-7-23(22)28(33)35/h4-15,30H,1-3H3. The van der Waals surface area contributed by atoms with Crippen LogP contribution in [0.1, 0.15) is 37.7 Å². The van der Waals surface area contributed by atoms with Crippen molar-refractivity contribution in [2.24, 2.45) is 0 Å². The summed E-state index contributed by atoms with van der Waals surface area (Å²) in [6.45, 7) is 5.92. The highest BCUT2D eigenvalue weighted by Crippen LogP contribution is 2.35. The van der Waals surface area contributed by atoms with Gasteiger partial charge in [0.2, 0.25) is 0 Å². The van der Waals surface area contributed by atoms with Gasteiger partial charge in [-0.3, -0.25) is 9.59 Å². The predicted octanol–water partition coefficient (Wildman–Crippen LogP) is 6.93. The van der Waals surface area contributed by atoms with Crippen LogP contribution in [0.25, 0.3) is 22.4 Å². The molecule has 0 saturated heterocycles. The molecule has 0 atom stereocenters. The fraction of sp³-hybridized carbons (Fsp3) is 0.103. The summed E-state index contributed by atoms with van der Waals surface area (Å²) in [7, 11) is 0. The van der Waals surface area contributed by atoms with E-state index in [9.17, 15) is 9.59 Å². The summed E-state index contributed by atoms with van der Waals surface area (Å²) in [6.07, 6.45) is 0. The van der Waals surface area contributed by atoms with Crippen molar-refractivity contribution >= 4 is 39.7 Å². The Hall–Kier alpha value is -4.56. The van der Waals surface area contributed by atoms with Crippen LogP contribution < -0.4 is 10.2 Å². The Morgan fingerprint density at radius 2 is 1.54 bits per heavy atom. The normalized spacial score (nSPS) is 12.8. The first-order valence-electron chi connectivity index (χ1n) is 11.8. The fourth-order valence-electron chi connectivity index (χ4n) is 4.55. The number of hydrogen-bond donors (Lipinski definition) is 1. The van der Waals surface area contributed by atoms with E-state index in [-0.39, 0.29) is 11.8 Å². The highest BCUT2D eigenvalue weighted by atomic mass is 32.1. The number of anilines is 3. The highest BCUT2D eigenvalue weighted by Gasteiger charge is 2.38. The molecule has 37 heavy (non-hydrogen) atoms. The maximum Gasteiger partial charge on any atom is 0.268 e. The van der Waals surface area contributed by atoms with Crippen molar-refractivity contribution in [3.8, 4) is 22.4 Å². The number of nitrogens with one attached hydrogen (secondary N) is 1. The van der Waals surface area contributed by atoms with Crippen LogP contribution in [0.15, 0.2) is 76.6 Å². The molecule has 3 heterocycles. The summed E-state index contributed by atoms with van der Waals surface area (Å²) in [5.74, 6) is 0.117. The Bertz CT molecular complexity index is 1630. The van der Waals surface area contributed by atoms with Gasteiger partial charge in [0.05, 0.1) is 22.5 Å².